The van der Waals surface area contributed by atoms with Crippen molar-refractivity contribution < 1.29 is 14.3 Å². The Morgan fingerprint density at radius 1 is 1.17 bits per heavy atom. The second kappa shape index (κ2) is 8.77. The topological polar surface area (TPSA) is 120 Å². The van der Waals surface area contributed by atoms with Gasteiger partial charge in [-0.2, -0.15) is 15.0 Å². The number of fused-ring (bicyclic) bond motifs is 2. The Labute approximate surface area is 175 Å². The second-order valence-electron chi connectivity index (χ2n) is 8.07. The number of nitrogens with one attached hydrogen (secondary N) is 1. The number of carbonyl (C=O) groups is 2. The third-order valence-electron chi connectivity index (χ3n) is 6.07. The van der Waals surface area contributed by atoms with E-state index < -0.39 is 0 Å². The number of aromatic nitrogens is 3. The fourth-order valence-electron chi connectivity index (χ4n) is 4.56. The smallest absolute Gasteiger partial charge is 0.309 e. The number of ketones is 1. The van der Waals surface area contributed by atoms with Crippen molar-refractivity contribution in [3.63, 3.8) is 0 Å². The van der Waals surface area contributed by atoms with Gasteiger partial charge in [0.25, 0.3) is 0 Å². The molecule has 2 saturated carbocycles. The number of rotatable bonds is 6. The highest BCUT2D eigenvalue weighted by Gasteiger charge is 2.41. The largest absolute Gasteiger partial charge is 0.457 e. The minimum atomic E-state index is -0.288. The molecule has 4 rings (SSSR count). The van der Waals surface area contributed by atoms with Crippen molar-refractivity contribution in [3.8, 4) is 0 Å². The summed E-state index contributed by atoms with van der Waals surface area (Å²) in [6.45, 7) is 2.00. The van der Waals surface area contributed by atoms with Crippen molar-refractivity contribution in [2.45, 2.75) is 52.1 Å². The van der Waals surface area contributed by atoms with E-state index in [9.17, 15) is 9.59 Å². The summed E-state index contributed by atoms with van der Waals surface area (Å²) in [7, 11) is 0. The van der Waals surface area contributed by atoms with Gasteiger partial charge in [0.15, 0.2) is 12.4 Å². The maximum atomic E-state index is 12.6. The molecule has 2 aliphatic carbocycles. The number of para-hydroxylation sites is 1. The number of Topliss-reactive ketones (excluding diaryl/α,β-unsaturated/α-hetero) is 1. The van der Waals surface area contributed by atoms with Crippen molar-refractivity contribution in [1.29, 1.82) is 0 Å². The average molecular weight is 409 g/mol. The number of hydrogen-bond acceptors (Lipinski definition) is 8. The maximum Gasteiger partial charge on any atom is 0.309 e. The average Bonchev–Trinajstić information content (AvgIpc) is 2.72. The first-order valence-electron chi connectivity index (χ1n) is 10.6. The number of hydrogen-bond donors (Lipinski definition) is 2. The number of ether oxygens (including phenoxy) is 1. The van der Waals surface area contributed by atoms with Gasteiger partial charge in [-0.05, 0) is 43.7 Å². The summed E-state index contributed by atoms with van der Waals surface area (Å²) in [5, 5.41) is 3.17. The zero-order chi connectivity index (χ0) is 21.1. The van der Waals surface area contributed by atoms with Gasteiger partial charge in [-0.25, -0.2) is 0 Å². The summed E-state index contributed by atoms with van der Waals surface area (Å²) in [5.74, 6) is 0.501. The Hall–Kier alpha value is -3.03. The van der Waals surface area contributed by atoms with E-state index in [-0.39, 0.29) is 36.3 Å². The summed E-state index contributed by atoms with van der Waals surface area (Å²) >= 11 is 0. The lowest BCUT2D eigenvalue weighted by atomic mass is 9.67. The molecule has 1 aromatic carbocycles. The van der Waals surface area contributed by atoms with Crippen LogP contribution in [0.1, 0.15) is 50.4 Å². The molecule has 2 aliphatic rings. The Kier molecular flexibility index (Phi) is 5.92. The molecule has 1 heterocycles. The van der Waals surface area contributed by atoms with E-state index in [1.807, 2.05) is 24.3 Å². The molecule has 158 valence electrons. The van der Waals surface area contributed by atoms with Crippen molar-refractivity contribution in [1.82, 2.24) is 15.0 Å². The third-order valence-corrected chi connectivity index (χ3v) is 6.07. The van der Waals surface area contributed by atoms with Gasteiger partial charge in [0, 0.05) is 17.5 Å². The van der Waals surface area contributed by atoms with E-state index in [4.69, 9.17) is 10.5 Å². The van der Waals surface area contributed by atoms with Gasteiger partial charge in [-0.1, -0.05) is 31.5 Å². The maximum absolute atomic E-state index is 12.6. The van der Waals surface area contributed by atoms with Crippen LogP contribution < -0.4 is 11.1 Å². The van der Waals surface area contributed by atoms with Gasteiger partial charge in [0.1, 0.15) is 5.78 Å². The molecule has 2 atom stereocenters. The molecule has 0 radical (unpaired) electrons. The van der Waals surface area contributed by atoms with Crippen LogP contribution in [0, 0.1) is 17.8 Å². The molecule has 2 bridgehead atoms. The third kappa shape index (κ3) is 4.42. The number of nitrogen functional groups attached to an aromatic ring is 1. The fourth-order valence-corrected chi connectivity index (χ4v) is 4.56. The van der Waals surface area contributed by atoms with Crippen LogP contribution in [-0.2, 0) is 27.4 Å². The number of carbonyl (C=O) groups excluding carboxylic acids is 2. The van der Waals surface area contributed by atoms with E-state index in [2.05, 4.69) is 27.2 Å². The molecule has 2 fully saturated rings. The summed E-state index contributed by atoms with van der Waals surface area (Å²) in [4.78, 5) is 37.4. The molecule has 1 aromatic heterocycles. The molecule has 2 aromatic rings. The lowest BCUT2D eigenvalue weighted by molar-refractivity contribution is -0.155. The number of aryl methyl sites for hydroxylation is 1. The molecule has 0 saturated heterocycles. The van der Waals surface area contributed by atoms with E-state index >= 15 is 0 Å². The van der Waals surface area contributed by atoms with Crippen LogP contribution in [-0.4, -0.2) is 26.7 Å². The predicted molar refractivity (Wildman–Crippen MR) is 112 cm³/mol. The van der Waals surface area contributed by atoms with Gasteiger partial charge in [0.2, 0.25) is 11.9 Å². The first-order valence-corrected chi connectivity index (χ1v) is 10.6. The monoisotopic (exact) mass is 409 g/mol. The quantitative estimate of drug-likeness (QED) is 0.698. The summed E-state index contributed by atoms with van der Waals surface area (Å²) in [6, 6.07) is 7.88. The highest BCUT2D eigenvalue weighted by molar-refractivity contribution is 5.87. The normalized spacial score (nSPS) is 23.1. The molecule has 0 amide bonds. The highest BCUT2D eigenvalue weighted by Crippen LogP contribution is 2.40. The molecule has 3 N–H and O–H groups in total. The molecular weight excluding hydrogens is 382 g/mol. The van der Waals surface area contributed by atoms with Crippen LogP contribution in [0.3, 0.4) is 0 Å². The SMILES string of the molecule is CCc1ccccc1Nc1nc(N)nc(COC(=O)C2C[C@H]3CCC[C@H](C2)C3=O)n1. The first kappa shape index (κ1) is 20.3. The van der Waals surface area contributed by atoms with Gasteiger partial charge in [0.05, 0.1) is 5.92 Å². The van der Waals surface area contributed by atoms with E-state index in [1.54, 1.807) is 0 Å². The van der Waals surface area contributed by atoms with E-state index in [0.29, 0.717) is 30.4 Å². The molecule has 0 aliphatic heterocycles. The summed E-state index contributed by atoms with van der Waals surface area (Å²) in [5.41, 5.74) is 7.85. The van der Waals surface area contributed by atoms with Gasteiger partial charge < -0.3 is 15.8 Å². The van der Waals surface area contributed by atoms with Crippen LogP contribution in [0.4, 0.5) is 17.6 Å². The van der Waals surface area contributed by atoms with Crippen LogP contribution in [0.25, 0.3) is 0 Å². The standard InChI is InChI=1S/C22H27N5O3/c1-2-13-6-3-4-9-17(13)24-22-26-18(25-21(23)27-22)12-30-20(29)16-10-14-7-5-8-15(11-16)19(14)28/h3-4,6,9,14-16H,2,5,7-8,10-12H2,1H3,(H3,23,24,25,26,27)/t14-,15-/m1/s1. The number of esters is 1. The molecule has 0 spiro atoms. The Morgan fingerprint density at radius 3 is 2.63 bits per heavy atom. The van der Waals surface area contributed by atoms with Crippen molar-refractivity contribution in [3.05, 3.63) is 35.7 Å². The predicted octanol–water partition coefficient (Wildman–Crippen LogP) is 3.20. The summed E-state index contributed by atoms with van der Waals surface area (Å²) in [6.07, 6.45) is 4.89. The Bertz CT molecular complexity index is 932. The van der Waals surface area contributed by atoms with Crippen LogP contribution in [0.5, 0.6) is 0 Å². The number of nitrogens with two attached hydrogens (primary N) is 1. The van der Waals surface area contributed by atoms with E-state index in [1.165, 1.54) is 0 Å². The minimum absolute atomic E-state index is 0.0114. The van der Waals surface area contributed by atoms with Crippen LogP contribution in [0.2, 0.25) is 0 Å². The number of nitrogens with zero attached hydrogens (tertiary/aromatic N) is 3. The highest BCUT2D eigenvalue weighted by atomic mass is 16.5. The van der Waals surface area contributed by atoms with Gasteiger partial charge in [-0.15, -0.1) is 0 Å². The molecule has 0 unspecified atom stereocenters. The fraction of sp³-hybridized carbons (Fsp3) is 0.500. The van der Waals surface area contributed by atoms with Gasteiger partial charge in [-0.3, -0.25) is 9.59 Å². The second-order valence-corrected chi connectivity index (χ2v) is 8.07. The van der Waals surface area contributed by atoms with Gasteiger partial charge >= 0.3 is 5.97 Å². The van der Waals surface area contributed by atoms with Crippen molar-refractivity contribution in [2.24, 2.45) is 17.8 Å². The minimum Gasteiger partial charge on any atom is -0.457 e. The van der Waals surface area contributed by atoms with Crippen molar-refractivity contribution >= 4 is 29.3 Å². The molecule has 30 heavy (non-hydrogen) atoms. The molecular formula is C22H27N5O3. The molecule has 8 heteroatoms. The zero-order valence-corrected chi connectivity index (χ0v) is 17.1. The Balaban J connectivity index is 1.40. The summed E-state index contributed by atoms with van der Waals surface area (Å²) < 4.78 is 5.49. The molecule has 8 nitrogen and oxygen atoms in total. The van der Waals surface area contributed by atoms with Crippen LogP contribution >= 0.6 is 0 Å². The van der Waals surface area contributed by atoms with E-state index in [0.717, 1.165) is 36.9 Å². The zero-order valence-electron chi connectivity index (χ0n) is 17.1. The van der Waals surface area contributed by atoms with Crippen LogP contribution in [0.15, 0.2) is 24.3 Å². The first-order chi connectivity index (χ1) is 14.5. The van der Waals surface area contributed by atoms with Crippen molar-refractivity contribution in [2.75, 3.05) is 11.1 Å². The number of benzene rings is 1. The number of anilines is 3. The lowest BCUT2D eigenvalue weighted by Crippen LogP contribution is -2.39. The Morgan fingerprint density at radius 2 is 1.90 bits per heavy atom. The lowest BCUT2D eigenvalue weighted by Gasteiger charge is -2.36.